The molecule has 0 unspecified atom stereocenters. The fourth-order valence-corrected chi connectivity index (χ4v) is 1.75. The molecule has 1 aromatic carbocycles. The lowest BCUT2D eigenvalue weighted by Gasteiger charge is -2.19. The first-order valence-corrected chi connectivity index (χ1v) is 6.23. The molecular formula is C15H20FNO2. The molecule has 0 radical (unpaired) electrons. The molecule has 0 aliphatic rings. The summed E-state index contributed by atoms with van der Waals surface area (Å²) in [6.07, 6.45) is 0.251. The largest absolute Gasteiger partial charge is 0.315 e. The molecular weight excluding hydrogens is 245 g/mol. The predicted octanol–water partition coefficient (Wildman–Crippen LogP) is 3.18. The Labute approximate surface area is 113 Å². The number of nitrogens with zero attached hydrogens (tertiary/aromatic N) is 1. The number of hydrogen-bond acceptors (Lipinski definition) is 2. The Morgan fingerprint density at radius 2 is 1.68 bits per heavy atom. The minimum Gasteiger partial charge on any atom is -0.315 e. The molecule has 0 saturated heterocycles. The second-order valence-corrected chi connectivity index (χ2v) is 5.88. The Hall–Kier alpha value is -1.71. The van der Waals surface area contributed by atoms with Crippen molar-refractivity contribution in [2.75, 3.05) is 11.9 Å². The van der Waals surface area contributed by atoms with Crippen LogP contribution in [0.3, 0.4) is 0 Å². The third-order valence-electron chi connectivity index (χ3n) is 2.66. The molecule has 4 heteroatoms. The summed E-state index contributed by atoms with van der Waals surface area (Å²) in [6.45, 7) is 5.87. The minimum atomic E-state index is -0.353. The first kappa shape index (κ1) is 15.3. The molecule has 0 heterocycles. The monoisotopic (exact) mass is 265 g/mol. The van der Waals surface area contributed by atoms with Crippen LogP contribution in [0.4, 0.5) is 10.1 Å². The molecule has 0 aromatic heterocycles. The molecule has 19 heavy (non-hydrogen) atoms. The Kier molecular flexibility index (Phi) is 4.81. The van der Waals surface area contributed by atoms with Crippen LogP contribution >= 0.6 is 0 Å². The van der Waals surface area contributed by atoms with E-state index in [4.69, 9.17) is 0 Å². The number of ketones is 1. The van der Waals surface area contributed by atoms with Crippen molar-refractivity contribution in [2.45, 2.75) is 33.6 Å². The van der Waals surface area contributed by atoms with Crippen LogP contribution in [0.2, 0.25) is 0 Å². The van der Waals surface area contributed by atoms with Crippen molar-refractivity contribution in [3.05, 3.63) is 30.1 Å². The van der Waals surface area contributed by atoms with Crippen LogP contribution in [-0.2, 0) is 9.59 Å². The van der Waals surface area contributed by atoms with Crippen molar-refractivity contribution in [2.24, 2.45) is 5.41 Å². The van der Waals surface area contributed by atoms with Gasteiger partial charge in [-0.25, -0.2) is 4.39 Å². The van der Waals surface area contributed by atoms with Gasteiger partial charge >= 0.3 is 0 Å². The molecule has 0 saturated carbocycles. The molecule has 1 amide bonds. The fraction of sp³-hybridized carbons (Fsp3) is 0.467. The zero-order valence-corrected chi connectivity index (χ0v) is 11.9. The maximum Gasteiger partial charge on any atom is 0.234 e. The van der Waals surface area contributed by atoms with Crippen LogP contribution in [0.5, 0.6) is 0 Å². The normalized spacial score (nSPS) is 11.2. The number of amides is 1. The van der Waals surface area contributed by atoms with E-state index >= 15 is 0 Å². The highest BCUT2D eigenvalue weighted by Gasteiger charge is 2.20. The van der Waals surface area contributed by atoms with Gasteiger partial charge in [-0.05, 0) is 29.7 Å². The third kappa shape index (κ3) is 5.20. The standard InChI is InChI=1S/C15H20FNO2/c1-15(2,3)10-13(18)9-14(19)17(4)12-7-5-11(16)6-8-12/h5-8H,9-10H2,1-4H3. The summed E-state index contributed by atoms with van der Waals surface area (Å²) < 4.78 is 12.8. The van der Waals surface area contributed by atoms with E-state index < -0.39 is 0 Å². The zero-order chi connectivity index (χ0) is 14.6. The van der Waals surface area contributed by atoms with Gasteiger partial charge in [0.25, 0.3) is 0 Å². The third-order valence-corrected chi connectivity index (χ3v) is 2.66. The van der Waals surface area contributed by atoms with Gasteiger partial charge in [-0.1, -0.05) is 20.8 Å². The van der Waals surface area contributed by atoms with E-state index in [1.807, 2.05) is 20.8 Å². The number of benzene rings is 1. The van der Waals surface area contributed by atoms with Crippen LogP contribution in [0.25, 0.3) is 0 Å². The summed E-state index contributed by atoms with van der Waals surface area (Å²) in [7, 11) is 1.58. The number of Topliss-reactive ketones (excluding diaryl/α,β-unsaturated/α-hetero) is 1. The second-order valence-electron chi connectivity index (χ2n) is 5.88. The van der Waals surface area contributed by atoms with Crippen molar-refractivity contribution in [1.82, 2.24) is 0 Å². The van der Waals surface area contributed by atoms with Gasteiger partial charge in [0.1, 0.15) is 11.6 Å². The van der Waals surface area contributed by atoms with Gasteiger partial charge in [-0.2, -0.15) is 0 Å². The molecule has 0 atom stereocenters. The van der Waals surface area contributed by atoms with E-state index in [2.05, 4.69) is 0 Å². The molecule has 0 N–H and O–H groups in total. The van der Waals surface area contributed by atoms with E-state index in [0.717, 1.165) is 0 Å². The molecule has 0 aliphatic carbocycles. The van der Waals surface area contributed by atoms with Gasteiger partial charge in [-0.3, -0.25) is 9.59 Å². The lowest BCUT2D eigenvalue weighted by atomic mass is 9.89. The molecule has 0 bridgehead atoms. The molecule has 0 spiro atoms. The highest BCUT2D eigenvalue weighted by atomic mass is 19.1. The summed E-state index contributed by atoms with van der Waals surface area (Å²) in [4.78, 5) is 25.1. The summed E-state index contributed by atoms with van der Waals surface area (Å²) in [6, 6.07) is 5.61. The van der Waals surface area contributed by atoms with Gasteiger partial charge in [-0.15, -0.1) is 0 Å². The van der Waals surface area contributed by atoms with Crippen molar-refractivity contribution in [3.8, 4) is 0 Å². The van der Waals surface area contributed by atoms with Crippen LogP contribution in [0, 0.1) is 11.2 Å². The average molecular weight is 265 g/mol. The Morgan fingerprint density at radius 1 is 1.16 bits per heavy atom. The predicted molar refractivity (Wildman–Crippen MR) is 73.5 cm³/mol. The number of anilines is 1. The van der Waals surface area contributed by atoms with Gasteiger partial charge in [0.15, 0.2) is 0 Å². The molecule has 1 aromatic rings. The van der Waals surface area contributed by atoms with Crippen LogP contribution in [0.1, 0.15) is 33.6 Å². The summed E-state index contributed by atoms with van der Waals surface area (Å²) >= 11 is 0. The quantitative estimate of drug-likeness (QED) is 0.784. The number of halogens is 1. The molecule has 0 fully saturated rings. The van der Waals surface area contributed by atoms with E-state index in [0.29, 0.717) is 12.1 Å². The minimum absolute atomic E-state index is 0.0774. The SMILES string of the molecule is CN(C(=O)CC(=O)CC(C)(C)C)c1ccc(F)cc1. The molecule has 3 nitrogen and oxygen atoms in total. The Bertz CT molecular complexity index is 460. The molecule has 0 aliphatic heterocycles. The highest BCUT2D eigenvalue weighted by Crippen LogP contribution is 2.20. The molecule has 1 rings (SSSR count). The van der Waals surface area contributed by atoms with Gasteiger partial charge in [0.05, 0.1) is 6.42 Å². The number of carbonyl (C=O) groups excluding carboxylic acids is 2. The average Bonchev–Trinajstić information content (AvgIpc) is 2.26. The topological polar surface area (TPSA) is 37.4 Å². The van der Waals surface area contributed by atoms with Crippen molar-refractivity contribution >= 4 is 17.4 Å². The molecule has 104 valence electrons. The first-order valence-electron chi connectivity index (χ1n) is 6.23. The smallest absolute Gasteiger partial charge is 0.234 e. The van der Waals surface area contributed by atoms with Gasteiger partial charge < -0.3 is 4.90 Å². The summed E-state index contributed by atoms with van der Waals surface area (Å²) in [5, 5.41) is 0. The summed E-state index contributed by atoms with van der Waals surface area (Å²) in [5.74, 6) is -0.708. The lowest BCUT2D eigenvalue weighted by Crippen LogP contribution is -2.29. The van der Waals surface area contributed by atoms with Gasteiger partial charge in [0, 0.05) is 19.2 Å². The van der Waals surface area contributed by atoms with Crippen LogP contribution in [0.15, 0.2) is 24.3 Å². The van der Waals surface area contributed by atoms with Crippen LogP contribution < -0.4 is 4.90 Å². The number of rotatable bonds is 4. The summed E-state index contributed by atoms with van der Waals surface area (Å²) in [5.41, 5.74) is 0.459. The maximum atomic E-state index is 12.8. The highest BCUT2D eigenvalue weighted by molar-refractivity contribution is 6.05. The number of carbonyl (C=O) groups is 2. The van der Waals surface area contributed by atoms with E-state index in [1.165, 1.54) is 29.2 Å². The Morgan fingerprint density at radius 3 is 2.16 bits per heavy atom. The second kappa shape index (κ2) is 5.95. The van der Waals surface area contributed by atoms with Crippen molar-refractivity contribution in [3.63, 3.8) is 0 Å². The lowest BCUT2D eigenvalue weighted by molar-refractivity contribution is -0.127. The van der Waals surface area contributed by atoms with E-state index in [-0.39, 0.29) is 29.3 Å². The van der Waals surface area contributed by atoms with Gasteiger partial charge in [0.2, 0.25) is 5.91 Å². The van der Waals surface area contributed by atoms with E-state index in [9.17, 15) is 14.0 Å². The van der Waals surface area contributed by atoms with Crippen LogP contribution in [-0.4, -0.2) is 18.7 Å². The van der Waals surface area contributed by atoms with Crippen molar-refractivity contribution < 1.29 is 14.0 Å². The van der Waals surface area contributed by atoms with E-state index in [1.54, 1.807) is 7.05 Å². The number of hydrogen-bond donors (Lipinski definition) is 0. The maximum absolute atomic E-state index is 12.8. The van der Waals surface area contributed by atoms with Crippen molar-refractivity contribution in [1.29, 1.82) is 0 Å². The zero-order valence-electron chi connectivity index (χ0n) is 11.9. The fourth-order valence-electron chi connectivity index (χ4n) is 1.75. The Balaban J connectivity index is 2.63. The first-order chi connectivity index (χ1) is 8.69.